The van der Waals surface area contributed by atoms with E-state index in [4.69, 9.17) is 9.47 Å². The van der Waals surface area contributed by atoms with E-state index >= 15 is 0 Å². The van der Waals surface area contributed by atoms with Gasteiger partial charge in [0, 0.05) is 11.5 Å². The minimum absolute atomic E-state index is 0.277. The standard InChI is InChI=1S/C19H16O4S10/c20-12(22-1-3-24-14-10-30-18(32-14)16-26-5-6-27-16)9-13(21)23-2-4-25-15-11-31-19(33-15)17-28-7-8-29-17/h5-8,10-11H,1-4,9H2. The Morgan fingerprint density at radius 3 is 1.48 bits per heavy atom. The van der Waals surface area contributed by atoms with Crippen LogP contribution in [0.5, 0.6) is 0 Å². The highest BCUT2D eigenvalue weighted by Gasteiger charge is 2.20. The number of hydrogen-bond donors (Lipinski definition) is 0. The van der Waals surface area contributed by atoms with Crippen molar-refractivity contribution >= 4 is 130 Å². The maximum absolute atomic E-state index is 11.9. The summed E-state index contributed by atoms with van der Waals surface area (Å²) in [5.74, 6) is 0.248. The molecule has 176 valence electrons. The van der Waals surface area contributed by atoms with Crippen molar-refractivity contribution in [3.05, 3.63) is 57.9 Å². The monoisotopic (exact) mass is 628 g/mol. The van der Waals surface area contributed by atoms with Gasteiger partial charge in [0.05, 0.1) is 25.4 Å². The summed E-state index contributed by atoms with van der Waals surface area (Å²) in [5, 5.41) is 12.6. The van der Waals surface area contributed by atoms with Crippen LogP contribution < -0.4 is 0 Å². The summed E-state index contributed by atoms with van der Waals surface area (Å²) in [7, 11) is 0. The number of esters is 2. The first-order chi connectivity index (χ1) is 16.2. The largest absolute Gasteiger partial charge is 0.464 e. The first kappa shape index (κ1) is 26.9. The van der Waals surface area contributed by atoms with E-state index in [0.717, 1.165) is 0 Å². The lowest BCUT2D eigenvalue weighted by Gasteiger charge is -2.07. The number of carbonyl (C=O) groups is 2. The molecule has 0 amide bonds. The second-order valence-electron chi connectivity index (χ2n) is 5.79. The molecule has 0 aliphatic carbocycles. The first-order valence-electron chi connectivity index (χ1n) is 9.29. The van der Waals surface area contributed by atoms with Gasteiger partial charge in [-0.15, -0.1) is 23.5 Å². The van der Waals surface area contributed by atoms with E-state index < -0.39 is 11.9 Å². The number of carbonyl (C=O) groups excluding carboxylic acids is 2. The predicted molar refractivity (Wildman–Crippen MR) is 161 cm³/mol. The molecular formula is C19H16O4S10. The van der Waals surface area contributed by atoms with Crippen LogP contribution in [0.4, 0.5) is 0 Å². The highest BCUT2D eigenvalue weighted by atomic mass is 32.2. The lowest BCUT2D eigenvalue weighted by Crippen LogP contribution is -2.16. The first-order valence-corrected chi connectivity index (χ1v) is 18.2. The molecule has 0 aromatic carbocycles. The quantitative estimate of drug-likeness (QED) is 0.132. The van der Waals surface area contributed by atoms with Gasteiger partial charge in [0.2, 0.25) is 0 Å². The Morgan fingerprint density at radius 2 is 1.06 bits per heavy atom. The van der Waals surface area contributed by atoms with Gasteiger partial charge in [0.1, 0.15) is 19.6 Å². The van der Waals surface area contributed by atoms with Gasteiger partial charge in [0.25, 0.3) is 0 Å². The third kappa shape index (κ3) is 9.04. The fourth-order valence-corrected chi connectivity index (χ4v) is 13.7. The minimum atomic E-state index is -0.537. The molecule has 4 rings (SSSR count). The van der Waals surface area contributed by atoms with Crippen LogP contribution in [0.2, 0.25) is 0 Å². The average Bonchev–Trinajstić information content (AvgIpc) is 3.61. The van der Waals surface area contributed by atoms with Crippen molar-refractivity contribution in [3.8, 4) is 0 Å². The number of ether oxygens (including phenoxy) is 2. The Kier molecular flexibility index (Phi) is 11.9. The minimum Gasteiger partial charge on any atom is -0.464 e. The van der Waals surface area contributed by atoms with E-state index in [9.17, 15) is 9.59 Å². The molecule has 33 heavy (non-hydrogen) atoms. The van der Waals surface area contributed by atoms with Crippen molar-refractivity contribution in [3.63, 3.8) is 0 Å². The molecule has 0 unspecified atom stereocenters. The molecule has 0 radical (unpaired) electrons. The van der Waals surface area contributed by atoms with Gasteiger partial charge in [-0.25, -0.2) is 0 Å². The topological polar surface area (TPSA) is 52.6 Å². The molecule has 14 heteroatoms. The number of rotatable bonds is 10. The summed E-state index contributed by atoms with van der Waals surface area (Å²) in [6, 6.07) is 0. The summed E-state index contributed by atoms with van der Waals surface area (Å²) in [6.07, 6.45) is -0.342. The van der Waals surface area contributed by atoms with Crippen LogP contribution in [-0.2, 0) is 19.1 Å². The van der Waals surface area contributed by atoms with Crippen molar-refractivity contribution in [2.45, 2.75) is 6.42 Å². The van der Waals surface area contributed by atoms with E-state index in [1.807, 2.05) is 0 Å². The van der Waals surface area contributed by atoms with Gasteiger partial charge in [0.15, 0.2) is 0 Å². The Balaban J connectivity index is 1.01. The molecule has 0 fully saturated rings. The molecule has 0 saturated heterocycles. The molecule has 0 spiro atoms. The zero-order valence-corrected chi connectivity index (χ0v) is 24.9. The normalized spacial score (nSPS) is 19.5. The van der Waals surface area contributed by atoms with Crippen LogP contribution in [0.25, 0.3) is 0 Å². The molecular weight excluding hydrogens is 613 g/mol. The zero-order chi connectivity index (χ0) is 22.9. The Bertz CT molecular complexity index is 870. The molecule has 4 aliphatic heterocycles. The van der Waals surface area contributed by atoms with Gasteiger partial charge in [-0.2, -0.15) is 0 Å². The summed E-state index contributed by atoms with van der Waals surface area (Å²) >= 11 is 17.3. The lowest BCUT2D eigenvalue weighted by molar-refractivity contribution is -0.153. The maximum atomic E-state index is 11.9. The third-order valence-electron chi connectivity index (χ3n) is 3.53. The zero-order valence-electron chi connectivity index (χ0n) is 16.7. The highest BCUT2D eigenvalue weighted by Crippen LogP contribution is 2.56. The van der Waals surface area contributed by atoms with Crippen LogP contribution in [0.15, 0.2) is 57.9 Å². The van der Waals surface area contributed by atoms with Crippen LogP contribution in [-0.4, -0.2) is 36.7 Å². The molecule has 0 bridgehead atoms. The average molecular weight is 629 g/mol. The van der Waals surface area contributed by atoms with Crippen LogP contribution in [0.1, 0.15) is 6.42 Å². The van der Waals surface area contributed by atoms with Crippen LogP contribution >= 0.6 is 118 Å². The molecule has 4 nitrogen and oxygen atoms in total. The van der Waals surface area contributed by atoms with Gasteiger partial charge < -0.3 is 9.47 Å². The maximum Gasteiger partial charge on any atom is 0.317 e. The molecule has 4 heterocycles. The fraction of sp³-hybridized carbons (Fsp3) is 0.263. The van der Waals surface area contributed by atoms with Crippen LogP contribution in [0.3, 0.4) is 0 Å². The highest BCUT2D eigenvalue weighted by molar-refractivity contribution is 8.38. The van der Waals surface area contributed by atoms with E-state index in [1.165, 1.54) is 25.4 Å². The number of hydrogen-bond acceptors (Lipinski definition) is 14. The Morgan fingerprint density at radius 1 is 0.636 bits per heavy atom. The van der Waals surface area contributed by atoms with Gasteiger partial charge in [-0.3, -0.25) is 9.59 Å². The molecule has 0 atom stereocenters. The van der Waals surface area contributed by atoms with Crippen LogP contribution in [0, 0.1) is 0 Å². The molecule has 4 aliphatic rings. The molecule has 0 N–H and O–H groups in total. The van der Waals surface area contributed by atoms with Crippen molar-refractivity contribution < 1.29 is 19.1 Å². The Labute approximate surface area is 235 Å². The predicted octanol–water partition coefficient (Wildman–Crippen LogP) is 8.64. The third-order valence-corrected chi connectivity index (χ3v) is 16.2. The van der Waals surface area contributed by atoms with Crippen molar-refractivity contribution in [1.29, 1.82) is 0 Å². The van der Waals surface area contributed by atoms with Crippen molar-refractivity contribution in [2.24, 2.45) is 0 Å². The van der Waals surface area contributed by atoms with Crippen molar-refractivity contribution in [2.75, 3.05) is 24.7 Å². The summed E-state index contributed by atoms with van der Waals surface area (Å²) < 4.78 is 18.0. The fourth-order valence-electron chi connectivity index (χ4n) is 2.21. The molecule has 0 saturated carbocycles. The second-order valence-corrected chi connectivity index (χ2v) is 17.1. The molecule has 0 aromatic rings. The van der Waals surface area contributed by atoms with Gasteiger partial charge in [-0.1, -0.05) is 94.1 Å². The summed E-state index contributed by atoms with van der Waals surface area (Å²) in [4.78, 5) is 23.7. The van der Waals surface area contributed by atoms with Crippen molar-refractivity contribution in [1.82, 2.24) is 0 Å². The summed E-state index contributed by atoms with van der Waals surface area (Å²) in [5.41, 5.74) is 0. The summed E-state index contributed by atoms with van der Waals surface area (Å²) in [6.45, 7) is 0.554. The van der Waals surface area contributed by atoms with Gasteiger partial charge >= 0.3 is 11.9 Å². The van der Waals surface area contributed by atoms with Gasteiger partial charge in [-0.05, 0) is 32.4 Å². The van der Waals surface area contributed by atoms with E-state index in [2.05, 4.69) is 32.4 Å². The smallest absolute Gasteiger partial charge is 0.317 e. The SMILES string of the molecule is O=C(CC(=O)OCCSC1=CSC(=C2SC=CS2)S1)OCCSC1=CSC(=C2SC=CS2)S1. The number of thioether (sulfide) groups is 10. The molecule has 0 aromatic heterocycles. The second kappa shape index (κ2) is 14.6. The van der Waals surface area contributed by atoms with E-state index in [1.54, 1.807) is 118 Å². The van der Waals surface area contributed by atoms with E-state index in [0.29, 0.717) is 11.5 Å². The lowest BCUT2D eigenvalue weighted by atomic mass is 10.4. The Hall–Kier alpha value is 0.880. The van der Waals surface area contributed by atoms with E-state index in [-0.39, 0.29) is 19.6 Å².